The molecule has 0 unspecified atom stereocenters. The molecule has 0 saturated carbocycles. The standard InChI is InChI=1S/C12H17NO.ClH/c1-3-10-12(13)11-8(2)5-4-6-9(11)7-14-10;/h4-6,10,12H,3,7,13H2,1-2H3;1H/t10-,12-;/m1./s1. The van der Waals surface area contributed by atoms with Crippen LogP contribution >= 0.6 is 12.4 Å². The Hall–Kier alpha value is -0.570. The Kier molecular flexibility index (Phi) is 4.14. The van der Waals surface area contributed by atoms with E-state index in [0.717, 1.165) is 6.42 Å². The Bertz CT molecular complexity index is 340. The number of halogens is 1. The molecule has 0 bridgehead atoms. The zero-order valence-corrected chi connectivity index (χ0v) is 10.0. The number of hydrogen-bond donors (Lipinski definition) is 1. The van der Waals surface area contributed by atoms with Gasteiger partial charge in [0.05, 0.1) is 18.8 Å². The molecule has 84 valence electrons. The second-order valence-electron chi connectivity index (χ2n) is 3.93. The normalized spacial score (nSPS) is 24.2. The van der Waals surface area contributed by atoms with E-state index < -0.39 is 0 Å². The van der Waals surface area contributed by atoms with Gasteiger partial charge in [-0.2, -0.15) is 0 Å². The molecule has 0 aromatic heterocycles. The number of nitrogens with two attached hydrogens (primary N) is 1. The lowest BCUT2D eigenvalue weighted by molar-refractivity contribution is 0.00656. The molecule has 0 saturated heterocycles. The smallest absolute Gasteiger partial charge is 0.0769 e. The van der Waals surface area contributed by atoms with Crippen LogP contribution in [0.5, 0.6) is 0 Å². The summed E-state index contributed by atoms with van der Waals surface area (Å²) in [7, 11) is 0. The summed E-state index contributed by atoms with van der Waals surface area (Å²) < 4.78 is 5.70. The van der Waals surface area contributed by atoms with Crippen molar-refractivity contribution in [2.24, 2.45) is 5.73 Å². The molecule has 2 rings (SSSR count). The maximum Gasteiger partial charge on any atom is 0.0769 e. The van der Waals surface area contributed by atoms with Crippen LogP contribution in [0.1, 0.15) is 36.1 Å². The first-order valence-electron chi connectivity index (χ1n) is 5.19. The van der Waals surface area contributed by atoms with E-state index in [2.05, 4.69) is 32.0 Å². The van der Waals surface area contributed by atoms with Crippen molar-refractivity contribution in [1.29, 1.82) is 0 Å². The molecular weight excluding hydrogens is 210 g/mol. The van der Waals surface area contributed by atoms with E-state index in [-0.39, 0.29) is 24.6 Å². The van der Waals surface area contributed by atoms with Gasteiger partial charge in [-0.25, -0.2) is 0 Å². The quantitative estimate of drug-likeness (QED) is 0.801. The minimum Gasteiger partial charge on any atom is -0.372 e. The van der Waals surface area contributed by atoms with Crippen molar-refractivity contribution in [2.45, 2.75) is 39.0 Å². The number of aryl methyl sites for hydroxylation is 1. The SMILES string of the molecule is CC[C@H]1OCc2cccc(C)c2[C@@H]1N.Cl. The minimum atomic E-state index is 0. The molecule has 0 radical (unpaired) electrons. The van der Waals surface area contributed by atoms with Gasteiger partial charge in [0.25, 0.3) is 0 Å². The Morgan fingerprint density at radius 3 is 2.87 bits per heavy atom. The molecule has 3 heteroatoms. The third-order valence-corrected chi connectivity index (χ3v) is 3.00. The predicted molar refractivity (Wildman–Crippen MR) is 64.2 cm³/mol. The van der Waals surface area contributed by atoms with E-state index in [0.29, 0.717) is 6.61 Å². The Balaban J connectivity index is 0.00000112. The van der Waals surface area contributed by atoms with Crippen molar-refractivity contribution >= 4 is 12.4 Å². The summed E-state index contributed by atoms with van der Waals surface area (Å²) in [6.45, 7) is 4.95. The summed E-state index contributed by atoms with van der Waals surface area (Å²) in [5.41, 5.74) is 10.0. The summed E-state index contributed by atoms with van der Waals surface area (Å²) in [6, 6.07) is 6.34. The van der Waals surface area contributed by atoms with E-state index in [9.17, 15) is 0 Å². The zero-order valence-electron chi connectivity index (χ0n) is 9.19. The molecule has 1 aromatic carbocycles. The monoisotopic (exact) mass is 227 g/mol. The lowest BCUT2D eigenvalue weighted by Crippen LogP contribution is -2.33. The van der Waals surface area contributed by atoms with E-state index in [4.69, 9.17) is 10.5 Å². The van der Waals surface area contributed by atoms with Crippen molar-refractivity contribution in [2.75, 3.05) is 0 Å². The molecule has 1 aliphatic rings. The van der Waals surface area contributed by atoms with Gasteiger partial charge in [-0.15, -0.1) is 12.4 Å². The average Bonchev–Trinajstić information content (AvgIpc) is 2.18. The molecule has 0 fully saturated rings. The highest BCUT2D eigenvalue weighted by Gasteiger charge is 2.26. The van der Waals surface area contributed by atoms with Crippen LogP contribution in [0.3, 0.4) is 0 Å². The van der Waals surface area contributed by atoms with E-state index in [1.165, 1.54) is 16.7 Å². The van der Waals surface area contributed by atoms with Gasteiger partial charge in [0, 0.05) is 0 Å². The van der Waals surface area contributed by atoms with Crippen molar-refractivity contribution in [1.82, 2.24) is 0 Å². The Morgan fingerprint density at radius 1 is 1.47 bits per heavy atom. The van der Waals surface area contributed by atoms with Crippen LogP contribution in [0.4, 0.5) is 0 Å². The van der Waals surface area contributed by atoms with E-state index in [1.807, 2.05) is 0 Å². The summed E-state index contributed by atoms with van der Waals surface area (Å²) in [5.74, 6) is 0. The topological polar surface area (TPSA) is 35.2 Å². The molecule has 1 heterocycles. The fourth-order valence-electron chi connectivity index (χ4n) is 2.20. The number of ether oxygens (including phenoxy) is 1. The molecule has 1 aromatic rings. The third-order valence-electron chi connectivity index (χ3n) is 3.00. The number of fused-ring (bicyclic) bond motifs is 1. The first-order chi connectivity index (χ1) is 6.74. The van der Waals surface area contributed by atoms with Gasteiger partial charge in [0.2, 0.25) is 0 Å². The van der Waals surface area contributed by atoms with Crippen molar-refractivity contribution in [3.8, 4) is 0 Å². The minimum absolute atomic E-state index is 0. The molecule has 2 atom stereocenters. The van der Waals surface area contributed by atoms with E-state index >= 15 is 0 Å². The second kappa shape index (κ2) is 4.97. The summed E-state index contributed by atoms with van der Waals surface area (Å²) in [4.78, 5) is 0. The predicted octanol–water partition coefficient (Wildman–Crippen LogP) is 2.73. The molecule has 0 aliphatic carbocycles. The molecular formula is C12H18ClNO. The Labute approximate surface area is 97.2 Å². The molecule has 15 heavy (non-hydrogen) atoms. The van der Waals surface area contributed by atoms with Crippen LogP contribution in [0.15, 0.2) is 18.2 Å². The maximum absolute atomic E-state index is 6.18. The molecule has 0 spiro atoms. The van der Waals surface area contributed by atoms with E-state index in [1.54, 1.807) is 0 Å². The fraction of sp³-hybridized carbons (Fsp3) is 0.500. The first kappa shape index (κ1) is 12.5. The maximum atomic E-state index is 6.18. The fourth-order valence-corrected chi connectivity index (χ4v) is 2.20. The average molecular weight is 228 g/mol. The largest absolute Gasteiger partial charge is 0.372 e. The Morgan fingerprint density at radius 2 is 2.20 bits per heavy atom. The lowest BCUT2D eigenvalue weighted by Gasteiger charge is -2.31. The van der Waals surface area contributed by atoms with Gasteiger partial charge in [-0.1, -0.05) is 25.1 Å². The molecule has 1 aliphatic heterocycles. The van der Waals surface area contributed by atoms with Crippen LogP contribution < -0.4 is 5.73 Å². The summed E-state index contributed by atoms with van der Waals surface area (Å²) >= 11 is 0. The highest BCUT2D eigenvalue weighted by molar-refractivity contribution is 5.85. The highest BCUT2D eigenvalue weighted by atomic mass is 35.5. The number of benzene rings is 1. The lowest BCUT2D eigenvalue weighted by atomic mass is 9.90. The van der Waals surface area contributed by atoms with Crippen molar-refractivity contribution in [3.05, 3.63) is 34.9 Å². The van der Waals surface area contributed by atoms with Crippen molar-refractivity contribution < 1.29 is 4.74 Å². The third kappa shape index (κ3) is 2.17. The van der Waals surface area contributed by atoms with Gasteiger partial charge < -0.3 is 10.5 Å². The van der Waals surface area contributed by atoms with Gasteiger partial charge in [-0.3, -0.25) is 0 Å². The summed E-state index contributed by atoms with van der Waals surface area (Å²) in [6.07, 6.45) is 1.16. The van der Waals surface area contributed by atoms with Gasteiger partial charge in [0.15, 0.2) is 0 Å². The van der Waals surface area contributed by atoms with Gasteiger partial charge in [0.1, 0.15) is 0 Å². The number of hydrogen-bond acceptors (Lipinski definition) is 2. The van der Waals surface area contributed by atoms with Crippen LogP contribution in [0.2, 0.25) is 0 Å². The highest BCUT2D eigenvalue weighted by Crippen LogP contribution is 2.31. The van der Waals surface area contributed by atoms with Crippen LogP contribution in [0, 0.1) is 6.92 Å². The second-order valence-corrected chi connectivity index (χ2v) is 3.93. The molecule has 0 amide bonds. The molecule has 2 N–H and O–H groups in total. The van der Waals surface area contributed by atoms with Crippen LogP contribution in [-0.2, 0) is 11.3 Å². The van der Waals surface area contributed by atoms with Crippen LogP contribution in [-0.4, -0.2) is 6.10 Å². The molecule has 2 nitrogen and oxygen atoms in total. The van der Waals surface area contributed by atoms with Gasteiger partial charge >= 0.3 is 0 Å². The first-order valence-corrected chi connectivity index (χ1v) is 5.19. The summed E-state index contributed by atoms with van der Waals surface area (Å²) in [5, 5.41) is 0. The number of rotatable bonds is 1. The van der Waals surface area contributed by atoms with Crippen molar-refractivity contribution in [3.63, 3.8) is 0 Å². The zero-order chi connectivity index (χ0) is 10.1. The van der Waals surface area contributed by atoms with Crippen LogP contribution in [0.25, 0.3) is 0 Å². The van der Waals surface area contributed by atoms with Gasteiger partial charge in [-0.05, 0) is 30.0 Å².